The summed E-state index contributed by atoms with van der Waals surface area (Å²) in [5.41, 5.74) is 4.88. The van der Waals surface area contributed by atoms with Crippen molar-refractivity contribution in [3.05, 3.63) is 29.1 Å². The van der Waals surface area contributed by atoms with Crippen LogP contribution in [0.4, 0.5) is 0 Å². The Kier molecular flexibility index (Phi) is 16.8. The fourth-order valence-electron chi connectivity index (χ4n) is 13.9. The monoisotopic (exact) mass is 893 g/mol. The second kappa shape index (κ2) is 21.7. The lowest BCUT2D eigenvalue weighted by Crippen LogP contribution is -2.55. The molecule has 4 N–H and O–H groups in total. The Labute approximate surface area is 382 Å². The molecule has 2 aromatic rings. The summed E-state index contributed by atoms with van der Waals surface area (Å²) in [5.74, 6) is 3.49. The van der Waals surface area contributed by atoms with Crippen LogP contribution < -0.4 is 9.88 Å². The van der Waals surface area contributed by atoms with Crippen molar-refractivity contribution in [2.45, 2.75) is 176 Å². The first kappa shape index (κ1) is 49.6. The van der Waals surface area contributed by atoms with Gasteiger partial charge in [0.05, 0.1) is 32.9 Å². The molecule has 0 unspecified atom stereocenters. The molecule has 9 atom stereocenters. The first-order chi connectivity index (χ1) is 30.4. The zero-order chi connectivity index (χ0) is 46.3. The van der Waals surface area contributed by atoms with Gasteiger partial charge in [0.2, 0.25) is 5.91 Å². The van der Waals surface area contributed by atoms with Crippen LogP contribution in [0.5, 0.6) is 0 Å². The minimum Gasteiger partial charge on any atom is -0.480 e. The minimum atomic E-state index is -1.30. The number of carbonyl (C=O) groups excluding carboxylic acids is 1. The number of carbonyl (C=O) groups is 4. The number of carboxylic acid groups (broad SMARTS) is 3. The molecule has 1 amide bonds. The fourth-order valence-corrected chi connectivity index (χ4v) is 13.9. The summed E-state index contributed by atoms with van der Waals surface area (Å²) in [6, 6.07) is -1.24. The number of hydrogen-bond donors (Lipinski definition) is 4. The van der Waals surface area contributed by atoms with Gasteiger partial charge in [-0.2, -0.15) is 0 Å². The van der Waals surface area contributed by atoms with E-state index in [9.17, 15) is 24.3 Å². The van der Waals surface area contributed by atoms with Crippen LogP contribution in [-0.2, 0) is 65.5 Å². The van der Waals surface area contributed by atoms with Gasteiger partial charge in [-0.1, -0.05) is 65.5 Å². The third-order valence-corrected chi connectivity index (χ3v) is 17.3. The van der Waals surface area contributed by atoms with E-state index in [0.717, 1.165) is 84.2 Å². The lowest BCUT2D eigenvalue weighted by molar-refractivity contribution is -0.687. The van der Waals surface area contributed by atoms with E-state index in [2.05, 4.69) is 73.5 Å². The number of unbranched alkanes of at least 4 members (excludes halogenated alkanes) is 3. The van der Waals surface area contributed by atoms with Crippen LogP contribution >= 0.6 is 0 Å². The predicted octanol–water partition coefficient (Wildman–Crippen LogP) is 7.03. The molecule has 3 fully saturated rings. The van der Waals surface area contributed by atoms with Gasteiger partial charge in [0, 0.05) is 51.4 Å². The second-order valence-corrected chi connectivity index (χ2v) is 21.7. The lowest BCUT2D eigenvalue weighted by Gasteiger charge is -2.60. The number of nitrogens with zero attached hydrogens (tertiary/aromatic N) is 6. The molecule has 0 saturated heterocycles. The highest BCUT2D eigenvalue weighted by atomic mass is 16.4. The Morgan fingerprint density at radius 1 is 0.875 bits per heavy atom. The highest BCUT2D eigenvalue weighted by Crippen LogP contribution is 2.68. The molecular formula is C50H82N7O7+. The quantitative estimate of drug-likeness (QED) is 0.0596. The molecular weight excluding hydrogens is 811 g/mol. The van der Waals surface area contributed by atoms with Gasteiger partial charge >= 0.3 is 17.9 Å². The summed E-state index contributed by atoms with van der Waals surface area (Å²) in [4.78, 5) is 47.4. The highest BCUT2D eigenvalue weighted by molar-refractivity contribution is 5.78. The number of hydrogen-bond acceptors (Lipinski definition) is 7. The zero-order valence-electron chi connectivity index (χ0n) is 40.3. The van der Waals surface area contributed by atoms with Gasteiger partial charge in [-0.3, -0.25) is 28.8 Å². The average molecular weight is 893 g/mol. The van der Waals surface area contributed by atoms with Gasteiger partial charge in [0.1, 0.15) is 17.4 Å². The number of imidazole rings is 1. The SMILES string of the molecule is CC(C)CCC[C@@H](C)[C@H]1CC[C@H]2[C@@H]3CC[C@H]4Cc5c(n(C)c(CCCCCn6cc(CCC(=O)NCCCC[C@@H](C(=O)O)N(CC(=O)O)CC(=O)O)nn6)[n+]5C)C[C@]4(C)[C@H]3CC[C@]12C. The van der Waals surface area contributed by atoms with E-state index in [4.69, 9.17) is 10.2 Å². The van der Waals surface area contributed by atoms with Crippen molar-refractivity contribution in [2.75, 3.05) is 19.6 Å². The maximum atomic E-state index is 12.5. The topological polar surface area (TPSA) is 184 Å². The zero-order valence-corrected chi connectivity index (χ0v) is 40.3. The van der Waals surface area contributed by atoms with Crippen LogP contribution in [0.15, 0.2) is 6.20 Å². The molecule has 2 aromatic heterocycles. The van der Waals surface area contributed by atoms with Gasteiger partial charge in [-0.05, 0) is 123 Å². The summed E-state index contributed by atoms with van der Waals surface area (Å²) in [6.45, 7) is 12.5. The maximum Gasteiger partial charge on any atom is 0.320 e. The van der Waals surface area contributed by atoms with Crippen LogP contribution in [0, 0.1) is 52.3 Å². The molecule has 64 heavy (non-hydrogen) atoms. The number of aromatic nitrogens is 5. The smallest absolute Gasteiger partial charge is 0.320 e. The number of rotatable bonds is 25. The Morgan fingerprint density at radius 3 is 2.31 bits per heavy atom. The number of nitrogens with one attached hydrogen (secondary N) is 1. The largest absolute Gasteiger partial charge is 0.480 e. The molecule has 0 radical (unpaired) electrons. The standard InChI is InChI=1S/C50H81N7O7/c1-33(2)14-13-15-34(3)38-21-22-39-37-20-18-35-28-42-43(29-50(35,5)40(37)24-25-49(38,39)4)55(7)45(54(42)6)17-9-8-12-27-57-30-36(52-53-57)19-23-44(58)51-26-11-10-16-41(48(63)64)56(31-46(59)60)32-47(61)62/h30,33-35,37-41H,8-29,31-32H2,1-7H3,(H3-,51,58,59,60,61,62,63,64)/p+1/t34-,35+,37+,38-,39+,40+,41+,49-,50+/m1/s1. The van der Waals surface area contributed by atoms with Crippen molar-refractivity contribution < 1.29 is 39.1 Å². The Balaban J connectivity index is 0.913. The predicted molar refractivity (Wildman–Crippen MR) is 244 cm³/mol. The molecule has 4 aliphatic rings. The number of fused-ring (bicyclic) bond motifs is 6. The van der Waals surface area contributed by atoms with Crippen LogP contribution in [0.2, 0.25) is 0 Å². The van der Waals surface area contributed by atoms with Gasteiger partial charge < -0.3 is 20.6 Å². The van der Waals surface area contributed by atoms with E-state index >= 15 is 0 Å². The van der Waals surface area contributed by atoms with Crippen molar-refractivity contribution in [3.8, 4) is 0 Å². The van der Waals surface area contributed by atoms with Gasteiger partial charge in [-0.25, -0.2) is 9.13 Å². The van der Waals surface area contributed by atoms with Crippen LogP contribution in [0.25, 0.3) is 0 Å². The van der Waals surface area contributed by atoms with Crippen molar-refractivity contribution in [1.82, 2.24) is 29.8 Å². The molecule has 14 nitrogen and oxygen atoms in total. The number of aliphatic carboxylic acids is 3. The lowest BCUT2D eigenvalue weighted by atomic mass is 9.44. The maximum absolute atomic E-state index is 12.5. The summed E-state index contributed by atoms with van der Waals surface area (Å²) in [7, 11) is 4.65. The van der Waals surface area contributed by atoms with E-state index in [1.165, 1.54) is 76.5 Å². The van der Waals surface area contributed by atoms with E-state index in [-0.39, 0.29) is 18.7 Å². The van der Waals surface area contributed by atoms with E-state index in [1.54, 1.807) is 11.4 Å². The fraction of sp³-hybridized carbons (Fsp3) is 0.820. The van der Waals surface area contributed by atoms with Crippen molar-refractivity contribution in [2.24, 2.45) is 66.4 Å². The third kappa shape index (κ3) is 11.4. The molecule has 3 saturated carbocycles. The van der Waals surface area contributed by atoms with Crippen LogP contribution in [-0.4, -0.2) is 89.3 Å². The summed E-state index contributed by atoms with van der Waals surface area (Å²) < 4.78 is 7.00. The average Bonchev–Trinajstić information content (AvgIpc) is 3.90. The first-order valence-corrected chi connectivity index (χ1v) is 25.0. The van der Waals surface area contributed by atoms with Crippen molar-refractivity contribution in [1.29, 1.82) is 0 Å². The molecule has 0 aromatic carbocycles. The van der Waals surface area contributed by atoms with Gasteiger partial charge in [0.15, 0.2) is 0 Å². The number of amides is 1. The molecule has 14 heteroatoms. The number of aryl methyl sites for hydroxylation is 2. The molecule has 4 aliphatic carbocycles. The van der Waals surface area contributed by atoms with Gasteiger partial charge in [-0.15, -0.1) is 5.10 Å². The normalized spacial score (nSPS) is 27.1. The molecule has 0 aliphatic heterocycles. The summed E-state index contributed by atoms with van der Waals surface area (Å²) >= 11 is 0. The van der Waals surface area contributed by atoms with Crippen molar-refractivity contribution in [3.63, 3.8) is 0 Å². The van der Waals surface area contributed by atoms with E-state index in [1.807, 2.05) is 10.9 Å². The van der Waals surface area contributed by atoms with E-state index in [0.29, 0.717) is 36.6 Å². The molecule has 0 spiro atoms. The van der Waals surface area contributed by atoms with Crippen molar-refractivity contribution >= 4 is 23.8 Å². The second-order valence-electron chi connectivity index (χ2n) is 21.7. The Bertz CT molecular complexity index is 1910. The van der Waals surface area contributed by atoms with Gasteiger partial charge in [0.25, 0.3) is 5.82 Å². The Morgan fingerprint density at radius 2 is 1.61 bits per heavy atom. The summed E-state index contributed by atoms with van der Waals surface area (Å²) in [5, 5.41) is 39.1. The molecule has 2 heterocycles. The molecule has 358 valence electrons. The highest BCUT2D eigenvalue weighted by Gasteiger charge is 2.61. The Hall–Kier alpha value is -3.81. The molecule has 6 rings (SSSR count). The minimum absolute atomic E-state index is 0.0704. The van der Waals surface area contributed by atoms with Crippen LogP contribution in [0.1, 0.15) is 160 Å². The third-order valence-electron chi connectivity index (χ3n) is 17.3. The van der Waals surface area contributed by atoms with E-state index < -0.39 is 37.0 Å². The summed E-state index contributed by atoms with van der Waals surface area (Å²) in [6.07, 6.45) is 23.1. The molecule has 0 bridgehead atoms. The first-order valence-electron chi connectivity index (χ1n) is 25.0. The van der Waals surface area contributed by atoms with Crippen LogP contribution in [0.3, 0.4) is 0 Å². The number of carboxylic acids is 3.